The summed E-state index contributed by atoms with van der Waals surface area (Å²) in [6.07, 6.45) is 4.09. The van der Waals surface area contributed by atoms with Crippen molar-refractivity contribution >= 4 is 35.3 Å². The molecular weight excluding hydrogens is 412 g/mol. The van der Waals surface area contributed by atoms with E-state index < -0.39 is 11.9 Å². The Bertz CT molecular complexity index is 968. The number of carbonyl (C=O) groups is 2. The van der Waals surface area contributed by atoms with E-state index in [1.807, 2.05) is 19.9 Å². The smallest absolute Gasteiger partial charge is 0.262 e. The van der Waals surface area contributed by atoms with Crippen LogP contribution in [0.2, 0.25) is 5.02 Å². The van der Waals surface area contributed by atoms with Gasteiger partial charge in [-0.3, -0.25) is 9.59 Å². The van der Waals surface area contributed by atoms with E-state index in [9.17, 15) is 9.59 Å². The molecule has 1 aliphatic rings. The predicted molar refractivity (Wildman–Crippen MR) is 126 cm³/mol. The molecule has 0 saturated carbocycles. The molecule has 1 heterocycles. The summed E-state index contributed by atoms with van der Waals surface area (Å²) in [5.74, 6) is -0.891. The fraction of sp³-hybridized carbons (Fsp3) is 0.375. The van der Waals surface area contributed by atoms with Crippen molar-refractivity contribution in [2.75, 3.05) is 18.0 Å². The Hall–Kier alpha value is -2.86. The number of nitrogens with zero attached hydrogens (tertiary/aromatic N) is 2. The van der Waals surface area contributed by atoms with Crippen LogP contribution in [0.15, 0.2) is 47.6 Å². The fourth-order valence-electron chi connectivity index (χ4n) is 3.71. The lowest BCUT2D eigenvalue weighted by Crippen LogP contribution is -2.48. The van der Waals surface area contributed by atoms with Gasteiger partial charge in [0.25, 0.3) is 11.8 Å². The van der Waals surface area contributed by atoms with E-state index >= 15 is 0 Å². The first-order valence-electron chi connectivity index (χ1n) is 10.6. The van der Waals surface area contributed by atoms with Crippen molar-refractivity contribution < 1.29 is 9.59 Å². The van der Waals surface area contributed by atoms with Gasteiger partial charge in [0.15, 0.2) is 0 Å². The third-order valence-corrected chi connectivity index (χ3v) is 5.74. The molecule has 2 amide bonds. The maximum absolute atomic E-state index is 12.6. The standard InChI is InChI=1S/C24H29ClN4O2/c1-16(2)22(27-23(30)19-8-4-5-9-20(19)25)24(31)28-26-15-18-10-11-21(17(3)14-18)29-12-6-7-13-29/h4-5,8-11,14-16,22H,6-7,12-13H2,1-3H3,(H,27,30)(H,28,31). The zero-order valence-electron chi connectivity index (χ0n) is 18.2. The highest BCUT2D eigenvalue weighted by atomic mass is 35.5. The van der Waals surface area contributed by atoms with Crippen LogP contribution in [0.25, 0.3) is 0 Å². The fourth-order valence-corrected chi connectivity index (χ4v) is 3.93. The molecule has 2 aromatic rings. The summed E-state index contributed by atoms with van der Waals surface area (Å²) in [5.41, 5.74) is 6.22. The van der Waals surface area contributed by atoms with Crippen molar-refractivity contribution in [1.29, 1.82) is 0 Å². The second-order valence-electron chi connectivity index (χ2n) is 8.15. The Morgan fingerprint density at radius 3 is 2.48 bits per heavy atom. The first kappa shape index (κ1) is 22.8. The molecule has 1 saturated heterocycles. The molecule has 7 heteroatoms. The lowest BCUT2D eigenvalue weighted by atomic mass is 10.0. The number of hydrogen-bond donors (Lipinski definition) is 2. The minimum absolute atomic E-state index is 0.122. The number of rotatable bonds is 7. The van der Waals surface area contributed by atoms with Crippen molar-refractivity contribution in [3.8, 4) is 0 Å². The van der Waals surface area contributed by atoms with Crippen molar-refractivity contribution in [2.45, 2.75) is 39.7 Å². The summed E-state index contributed by atoms with van der Waals surface area (Å²) >= 11 is 6.09. The Morgan fingerprint density at radius 2 is 1.84 bits per heavy atom. The van der Waals surface area contributed by atoms with Crippen LogP contribution in [0, 0.1) is 12.8 Å². The van der Waals surface area contributed by atoms with Gasteiger partial charge in [-0.05, 0) is 61.1 Å². The molecule has 0 aromatic heterocycles. The van der Waals surface area contributed by atoms with Gasteiger partial charge in [-0.1, -0.05) is 43.6 Å². The molecule has 1 fully saturated rings. The number of hydrogen-bond acceptors (Lipinski definition) is 4. The Kier molecular flexibility index (Phi) is 7.69. The first-order valence-corrected chi connectivity index (χ1v) is 11.0. The lowest BCUT2D eigenvalue weighted by molar-refractivity contribution is -0.123. The average Bonchev–Trinajstić information content (AvgIpc) is 3.26. The molecule has 6 nitrogen and oxygen atoms in total. The van der Waals surface area contributed by atoms with Gasteiger partial charge >= 0.3 is 0 Å². The van der Waals surface area contributed by atoms with Crippen molar-refractivity contribution in [3.05, 3.63) is 64.2 Å². The number of hydrazone groups is 1. The molecule has 1 aliphatic heterocycles. The molecule has 0 bridgehead atoms. The third kappa shape index (κ3) is 5.85. The van der Waals surface area contributed by atoms with E-state index in [2.05, 4.69) is 39.8 Å². The molecule has 31 heavy (non-hydrogen) atoms. The zero-order valence-corrected chi connectivity index (χ0v) is 18.9. The maximum Gasteiger partial charge on any atom is 0.262 e. The third-order valence-electron chi connectivity index (χ3n) is 5.41. The molecule has 1 unspecified atom stereocenters. The van der Waals surface area contributed by atoms with Gasteiger partial charge in [-0.2, -0.15) is 5.10 Å². The molecule has 3 rings (SSSR count). The second-order valence-corrected chi connectivity index (χ2v) is 8.56. The van der Waals surface area contributed by atoms with Crippen LogP contribution in [0.4, 0.5) is 5.69 Å². The summed E-state index contributed by atoms with van der Waals surface area (Å²) in [4.78, 5) is 27.6. The van der Waals surface area contributed by atoms with Gasteiger partial charge in [0.05, 0.1) is 16.8 Å². The van der Waals surface area contributed by atoms with E-state index in [0.717, 1.165) is 18.7 Å². The molecule has 2 N–H and O–H groups in total. The minimum atomic E-state index is -0.736. The normalized spacial score (nSPS) is 14.8. The number of halogens is 1. The quantitative estimate of drug-likeness (QED) is 0.501. The number of amides is 2. The van der Waals surface area contributed by atoms with Crippen LogP contribution >= 0.6 is 11.6 Å². The van der Waals surface area contributed by atoms with Crippen LogP contribution in [0.3, 0.4) is 0 Å². The molecule has 0 spiro atoms. The van der Waals surface area contributed by atoms with Crippen LogP contribution in [0.5, 0.6) is 0 Å². The molecule has 0 radical (unpaired) electrons. The van der Waals surface area contributed by atoms with Crippen LogP contribution < -0.4 is 15.6 Å². The SMILES string of the molecule is Cc1cc(C=NNC(=O)C(NC(=O)c2ccccc2Cl)C(C)C)ccc1N1CCCC1. The summed E-state index contributed by atoms with van der Waals surface area (Å²) in [7, 11) is 0. The highest BCUT2D eigenvalue weighted by molar-refractivity contribution is 6.33. The van der Waals surface area contributed by atoms with E-state index in [-0.39, 0.29) is 11.8 Å². The number of benzene rings is 2. The molecule has 164 valence electrons. The minimum Gasteiger partial charge on any atom is -0.371 e. The number of aryl methyl sites for hydroxylation is 1. The van der Waals surface area contributed by atoms with E-state index in [4.69, 9.17) is 11.6 Å². The van der Waals surface area contributed by atoms with Gasteiger partial charge < -0.3 is 10.2 Å². The summed E-state index contributed by atoms with van der Waals surface area (Å²) in [6.45, 7) is 8.01. The monoisotopic (exact) mass is 440 g/mol. The van der Waals surface area contributed by atoms with Crippen LogP contribution in [-0.2, 0) is 4.79 Å². The van der Waals surface area contributed by atoms with E-state index in [1.165, 1.54) is 24.1 Å². The van der Waals surface area contributed by atoms with Crippen molar-refractivity contribution in [2.24, 2.45) is 11.0 Å². The van der Waals surface area contributed by atoms with Gasteiger partial charge in [0.2, 0.25) is 0 Å². The van der Waals surface area contributed by atoms with E-state index in [1.54, 1.807) is 30.5 Å². The van der Waals surface area contributed by atoms with Crippen LogP contribution in [-0.4, -0.2) is 37.2 Å². The first-order chi connectivity index (χ1) is 14.9. The van der Waals surface area contributed by atoms with Gasteiger partial charge in [0.1, 0.15) is 6.04 Å². The summed E-state index contributed by atoms with van der Waals surface area (Å²) in [6, 6.07) is 12.2. The lowest BCUT2D eigenvalue weighted by Gasteiger charge is -2.21. The number of nitrogens with one attached hydrogen (secondary N) is 2. The molecule has 0 aliphatic carbocycles. The average molecular weight is 441 g/mol. The summed E-state index contributed by atoms with van der Waals surface area (Å²) < 4.78 is 0. The number of anilines is 1. The Labute approximate surface area is 188 Å². The summed E-state index contributed by atoms with van der Waals surface area (Å²) in [5, 5.41) is 7.19. The predicted octanol–water partition coefficient (Wildman–Crippen LogP) is 4.15. The second kappa shape index (κ2) is 10.4. The zero-order chi connectivity index (χ0) is 22.4. The topological polar surface area (TPSA) is 73.8 Å². The number of carbonyl (C=O) groups excluding carboxylic acids is 2. The van der Waals surface area contributed by atoms with Gasteiger partial charge in [-0.25, -0.2) is 5.43 Å². The maximum atomic E-state index is 12.6. The Balaban J connectivity index is 1.62. The largest absolute Gasteiger partial charge is 0.371 e. The molecule has 1 atom stereocenters. The molecular formula is C24H29ClN4O2. The van der Waals surface area contributed by atoms with Gasteiger partial charge in [0, 0.05) is 18.8 Å². The van der Waals surface area contributed by atoms with Crippen LogP contribution in [0.1, 0.15) is 48.2 Å². The van der Waals surface area contributed by atoms with E-state index in [0.29, 0.717) is 10.6 Å². The highest BCUT2D eigenvalue weighted by Crippen LogP contribution is 2.24. The Morgan fingerprint density at radius 1 is 1.13 bits per heavy atom. The molecule has 2 aromatic carbocycles. The van der Waals surface area contributed by atoms with Crippen molar-refractivity contribution in [3.63, 3.8) is 0 Å². The van der Waals surface area contributed by atoms with Gasteiger partial charge in [-0.15, -0.1) is 0 Å². The van der Waals surface area contributed by atoms with Crippen molar-refractivity contribution in [1.82, 2.24) is 10.7 Å². The highest BCUT2D eigenvalue weighted by Gasteiger charge is 2.25.